The third-order valence-corrected chi connectivity index (χ3v) is 4.91. The van der Waals surface area contributed by atoms with Crippen molar-refractivity contribution in [3.63, 3.8) is 0 Å². The molecular weight excluding hydrogens is 370 g/mol. The fourth-order valence-electron chi connectivity index (χ4n) is 2.49. The summed E-state index contributed by atoms with van der Waals surface area (Å²) in [6.07, 6.45) is 0. The molecule has 0 aliphatic heterocycles. The maximum Gasteiger partial charge on any atom is 0.182 e. The van der Waals surface area contributed by atoms with Crippen molar-refractivity contribution in [1.82, 2.24) is 15.2 Å². The van der Waals surface area contributed by atoms with Crippen LogP contribution in [0.25, 0.3) is 33.2 Å². The number of thiophene rings is 1. The minimum absolute atomic E-state index is 0.712. The summed E-state index contributed by atoms with van der Waals surface area (Å²) < 4.78 is 1.05. The molecule has 5 heteroatoms. The smallest absolute Gasteiger partial charge is 0.182 e. The van der Waals surface area contributed by atoms with Crippen molar-refractivity contribution in [1.29, 1.82) is 0 Å². The molecule has 23 heavy (non-hydrogen) atoms. The largest absolute Gasteiger partial charge is 0.258 e. The van der Waals surface area contributed by atoms with Gasteiger partial charge in [-0.15, -0.1) is 11.3 Å². The monoisotopic (exact) mass is 381 g/mol. The molecule has 0 aliphatic carbocycles. The SMILES string of the molecule is Brc1cccc(-c2ccccc2-c2n[nH]c(-c3cccs3)n2)c1. The van der Waals surface area contributed by atoms with Crippen LogP contribution in [0.1, 0.15) is 0 Å². The van der Waals surface area contributed by atoms with Crippen LogP contribution < -0.4 is 0 Å². The maximum absolute atomic E-state index is 4.66. The number of hydrogen-bond acceptors (Lipinski definition) is 3. The lowest BCUT2D eigenvalue weighted by atomic mass is 9.99. The molecule has 0 spiro atoms. The highest BCUT2D eigenvalue weighted by molar-refractivity contribution is 9.10. The molecule has 0 saturated carbocycles. The Labute approximate surface area is 146 Å². The van der Waals surface area contributed by atoms with E-state index in [0.717, 1.165) is 31.9 Å². The third kappa shape index (κ3) is 2.85. The second kappa shape index (κ2) is 6.10. The van der Waals surface area contributed by atoms with Gasteiger partial charge < -0.3 is 0 Å². The number of H-pyrrole nitrogens is 1. The van der Waals surface area contributed by atoms with E-state index in [1.165, 1.54) is 0 Å². The van der Waals surface area contributed by atoms with E-state index in [1.54, 1.807) is 11.3 Å². The van der Waals surface area contributed by atoms with Crippen LogP contribution in [0.3, 0.4) is 0 Å². The molecule has 112 valence electrons. The van der Waals surface area contributed by atoms with Crippen LogP contribution in [-0.4, -0.2) is 15.2 Å². The molecule has 4 rings (SSSR count). The number of aromatic nitrogens is 3. The molecule has 2 aromatic heterocycles. The fraction of sp³-hybridized carbons (Fsp3) is 0. The van der Waals surface area contributed by atoms with Crippen LogP contribution >= 0.6 is 27.3 Å². The molecule has 0 unspecified atom stereocenters. The van der Waals surface area contributed by atoms with Gasteiger partial charge in [0.2, 0.25) is 0 Å². The Morgan fingerprint density at radius 3 is 2.57 bits per heavy atom. The van der Waals surface area contributed by atoms with Gasteiger partial charge in [0, 0.05) is 10.0 Å². The van der Waals surface area contributed by atoms with Gasteiger partial charge in [-0.3, -0.25) is 5.10 Å². The number of rotatable bonds is 3. The van der Waals surface area contributed by atoms with Crippen molar-refractivity contribution >= 4 is 27.3 Å². The number of nitrogens with one attached hydrogen (secondary N) is 1. The zero-order valence-electron chi connectivity index (χ0n) is 12.0. The first-order valence-corrected chi connectivity index (χ1v) is 8.80. The van der Waals surface area contributed by atoms with Gasteiger partial charge >= 0.3 is 0 Å². The molecule has 0 bridgehead atoms. The first kappa shape index (κ1) is 14.4. The Hall–Kier alpha value is -2.24. The fourth-order valence-corrected chi connectivity index (χ4v) is 3.55. The van der Waals surface area contributed by atoms with Crippen molar-refractivity contribution < 1.29 is 0 Å². The molecule has 0 atom stereocenters. The summed E-state index contributed by atoms with van der Waals surface area (Å²) in [5, 5.41) is 9.48. The van der Waals surface area contributed by atoms with E-state index in [-0.39, 0.29) is 0 Å². The third-order valence-electron chi connectivity index (χ3n) is 3.54. The summed E-state index contributed by atoms with van der Waals surface area (Å²) in [6, 6.07) is 20.5. The highest BCUT2D eigenvalue weighted by Crippen LogP contribution is 2.32. The van der Waals surface area contributed by atoms with E-state index in [9.17, 15) is 0 Å². The Morgan fingerprint density at radius 1 is 0.913 bits per heavy atom. The lowest BCUT2D eigenvalue weighted by Crippen LogP contribution is -1.87. The first-order valence-electron chi connectivity index (χ1n) is 7.13. The molecule has 0 aliphatic rings. The highest BCUT2D eigenvalue weighted by atomic mass is 79.9. The Bertz CT molecular complexity index is 944. The van der Waals surface area contributed by atoms with Crippen molar-refractivity contribution in [3.05, 3.63) is 70.5 Å². The van der Waals surface area contributed by atoms with Gasteiger partial charge in [0.05, 0.1) is 4.88 Å². The van der Waals surface area contributed by atoms with Gasteiger partial charge in [0.25, 0.3) is 0 Å². The molecule has 3 nitrogen and oxygen atoms in total. The quantitative estimate of drug-likeness (QED) is 0.499. The van der Waals surface area contributed by atoms with Gasteiger partial charge in [-0.05, 0) is 34.7 Å². The predicted octanol–water partition coefficient (Wildman–Crippen LogP) is 5.63. The number of hydrogen-bond donors (Lipinski definition) is 1. The minimum Gasteiger partial charge on any atom is -0.258 e. The van der Waals surface area contributed by atoms with Crippen molar-refractivity contribution in [2.45, 2.75) is 0 Å². The summed E-state index contributed by atoms with van der Waals surface area (Å²) >= 11 is 5.18. The highest BCUT2D eigenvalue weighted by Gasteiger charge is 2.13. The van der Waals surface area contributed by atoms with Crippen molar-refractivity contribution in [3.8, 4) is 33.2 Å². The number of aromatic amines is 1. The number of halogens is 1. The first-order chi connectivity index (χ1) is 11.3. The molecule has 2 aromatic carbocycles. The molecule has 0 saturated heterocycles. The molecule has 0 radical (unpaired) electrons. The number of benzene rings is 2. The van der Waals surface area contributed by atoms with Gasteiger partial charge in [0.15, 0.2) is 11.6 Å². The number of nitrogens with zero attached hydrogens (tertiary/aromatic N) is 2. The second-order valence-corrected chi connectivity index (χ2v) is 6.90. The average Bonchev–Trinajstić information content (AvgIpc) is 3.26. The second-order valence-electron chi connectivity index (χ2n) is 5.04. The summed E-state index contributed by atoms with van der Waals surface area (Å²) in [5.74, 6) is 1.52. The van der Waals surface area contributed by atoms with E-state index in [1.807, 2.05) is 41.8 Å². The molecular formula is C18H12BrN3S. The Balaban J connectivity index is 1.81. The van der Waals surface area contributed by atoms with Gasteiger partial charge in [-0.25, -0.2) is 4.98 Å². The van der Waals surface area contributed by atoms with Crippen LogP contribution in [0, 0.1) is 0 Å². The van der Waals surface area contributed by atoms with Gasteiger partial charge in [-0.1, -0.05) is 58.4 Å². The minimum atomic E-state index is 0.712. The predicted molar refractivity (Wildman–Crippen MR) is 98.3 cm³/mol. The van der Waals surface area contributed by atoms with E-state index in [4.69, 9.17) is 0 Å². The zero-order valence-corrected chi connectivity index (χ0v) is 14.4. The summed E-state index contributed by atoms with van der Waals surface area (Å²) in [5.41, 5.74) is 3.27. The normalized spacial score (nSPS) is 10.8. The molecule has 1 N–H and O–H groups in total. The van der Waals surface area contributed by atoms with Crippen LogP contribution in [0.15, 0.2) is 70.5 Å². The lowest BCUT2D eigenvalue weighted by Gasteiger charge is -2.07. The summed E-state index contributed by atoms with van der Waals surface area (Å²) in [7, 11) is 0. The van der Waals surface area contributed by atoms with E-state index >= 15 is 0 Å². The van der Waals surface area contributed by atoms with Crippen molar-refractivity contribution in [2.75, 3.05) is 0 Å². The van der Waals surface area contributed by atoms with E-state index in [0.29, 0.717) is 5.82 Å². The summed E-state index contributed by atoms with van der Waals surface area (Å²) in [6.45, 7) is 0. The van der Waals surface area contributed by atoms with E-state index in [2.05, 4.69) is 55.4 Å². The maximum atomic E-state index is 4.66. The summed E-state index contributed by atoms with van der Waals surface area (Å²) in [4.78, 5) is 5.75. The van der Waals surface area contributed by atoms with Crippen LogP contribution in [0.5, 0.6) is 0 Å². The molecule has 2 heterocycles. The van der Waals surface area contributed by atoms with Crippen LogP contribution in [0.2, 0.25) is 0 Å². The van der Waals surface area contributed by atoms with Crippen LogP contribution in [-0.2, 0) is 0 Å². The zero-order chi connectivity index (χ0) is 15.6. The van der Waals surface area contributed by atoms with Gasteiger partial charge in [0.1, 0.15) is 0 Å². The Kier molecular flexibility index (Phi) is 3.81. The molecule has 4 aromatic rings. The molecule has 0 fully saturated rings. The Morgan fingerprint density at radius 2 is 1.78 bits per heavy atom. The van der Waals surface area contributed by atoms with Crippen LogP contribution in [0.4, 0.5) is 0 Å². The van der Waals surface area contributed by atoms with Gasteiger partial charge in [-0.2, -0.15) is 5.10 Å². The lowest BCUT2D eigenvalue weighted by molar-refractivity contribution is 1.10. The average molecular weight is 382 g/mol. The molecule has 0 amide bonds. The standard InChI is InChI=1S/C18H12BrN3S/c19-13-6-3-5-12(11-13)14-7-1-2-8-15(14)17-20-18(22-21-17)16-9-4-10-23-16/h1-11H,(H,20,21,22). The topological polar surface area (TPSA) is 41.6 Å². The van der Waals surface area contributed by atoms with Crippen molar-refractivity contribution in [2.24, 2.45) is 0 Å². The van der Waals surface area contributed by atoms with E-state index < -0.39 is 0 Å².